The summed E-state index contributed by atoms with van der Waals surface area (Å²) < 4.78 is 142. The quantitative estimate of drug-likeness (QED) is 0.0799. The summed E-state index contributed by atoms with van der Waals surface area (Å²) in [6.07, 6.45) is -10.6. The lowest BCUT2D eigenvalue weighted by Gasteiger charge is -2.16. The van der Waals surface area contributed by atoms with E-state index in [9.17, 15) is 52.7 Å². The van der Waals surface area contributed by atoms with Gasteiger partial charge in [0.2, 0.25) is 0 Å². The second-order valence-electron chi connectivity index (χ2n) is 30.5. The Morgan fingerprint density at radius 1 is 0.353 bits per heavy atom. The van der Waals surface area contributed by atoms with Gasteiger partial charge in [-0.05, 0) is 210 Å². The third-order valence-electron chi connectivity index (χ3n) is 14.4. The predicted octanol–water partition coefficient (Wildman–Crippen LogP) is 32.3. The highest BCUT2D eigenvalue weighted by molar-refractivity contribution is 6.34. The van der Waals surface area contributed by atoms with Gasteiger partial charge < -0.3 is 0 Å². The van der Waals surface area contributed by atoms with Gasteiger partial charge >= 0.3 is 24.7 Å². The summed E-state index contributed by atoms with van der Waals surface area (Å²) >= 11 is 29.2. The number of benzene rings is 6. The average Bonchev–Trinajstić information content (AvgIpc) is 1.63. The highest BCUT2D eigenvalue weighted by Crippen LogP contribution is 2.53. The zero-order valence-electron chi connectivity index (χ0n) is 64.9. The molecule has 0 aromatic heterocycles. The van der Waals surface area contributed by atoms with Crippen LogP contribution >= 0.6 is 58.0 Å². The van der Waals surface area contributed by atoms with Gasteiger partial charge in [-0.25, -0.2) is 0 Å². The van der Waals surface area contributed by atoms with E-state index in [0.717, 1.165) is 80.2 Å². The van der Waals surface area contributed by atoms with Gasteiger partial charge in [0.25, 0.3) is 0 Å². The molecule has 3 atom stereocenters. The van der Waals surface area contributed by atoms with E-state index < -0.39 is 49.0 Å². The van der Waals surface area contributed by atoms with Crippen molar-refractivity contribution in [2.24, 2.45) is 76.9 Å². The normalized spacial score (nSPS) is 13.6. The number of halogens is 17. The molecule has 6 aromatic rings. The van der Waals surface area contributed by atoms with Crippen molar-refractivity contribution in [3.63, 3.8) is 0 Å². The van der Waals surface area contributed by atoms with E-state index in [2.05, 4.69) is 145 Å². The Morgan fingerprint density at radius 3 is 1.07 bits per heavy atom. The molecule has 3 unspecified atom stereocenters. The molecule has 17 heteroatoms. The Balaban J connectivity index is -0.00000108. The molecule has 0 nitrogen and oxygen atoms in total. The SMILES string of the molecule is CC(C)C.CC(C)C(C)CC(F)(F)F.CC(C)C1CC1C(F)(F)F.CC(C)CCC(F)(F)F.CC(C)Cc1cc(Cl)cc(Cl)c1.CC(C)Cc1ccc(Cl)cc1.CC(C)Cc1cccc(C(F)(F)F)c1.CC(C)Cc1cccc(Cl)c1.CC(C)Cc1ccccc1.CC(C)Cc1ccccc1Cl. The molecule has 1 saturated carbocycles. The largest absolute Gasteiger partial charge is 0.416 e. The lowest BCUT2D eigenvalue weighted by molar-refractivity contribution is -0.152. The van der Waals surface area contributed by atoms with Crippen LogP contribution in [0.4, 0.5) is 52.7 Å². The molecule has 7 rings (SSSR count). The minimum atomic E-state index is -4.23. The topological polar surface area (TPSA) is 0 Å². The van der Waals surface area contributed by atoms with Crippen LogP contribution in [0.25, 0.3) is 0 Å². The fourth-order valence-electron chi connectivity index (χ4n) is 9.34. The van der Waals surface area contributed by atoms with Crippen LogP contribution in [0, 0.1) is 76.9 Å². The maximum absolute atomic E-state index is 12.3. The summed E-state index contributed by atoms with van der Waals surface area (Å²) in [5.74, 6) is 3.80. The highest BCUT2D eigenvalue weighted by Gasteiger charge is 2.56. The Bertz CT molecular complexity index is 2990. The van der Waals surface area contributed by atoms with E-state index in [0.29, 0.717) is 36.5 Å². The predicted molar refractivity (Wildman–Crippen MR) is 418 cm³/mol. The van der Waals surface area contributed by atoms with Crippen LogP contribution in [-0.4, -0.2) is 18.5 Å². The summed E-state index contributed by atoms with van der Waals surface area (Å²) in [6, 6.07) is 46.0. The molecule has 0 spiro atoms. The van der Waals surface area contributed by atoms with Gasteiger partial charge in [0.15, 0.2) is 0 Å². The van der Waals surface area contributed by atoms with Crippen LogP contribution in [0.1, 0.15) is 217 Å². The van der Waals surface area contributed by atoms with E-state index in [1.54, 1.807) is 46.8 Å². The average molecular weight is 1550 g/mol. The Hall–Kier alpha value is -4.07. The van der Waals surface area contributed by atoms with E-state index in [1.165, 1.54) is 46.4 Å². The van der Waals surface area contributed by atoms with Crippen LogP contribution in [0.15, 0.2) is 146 Å². The molecule has 1 aliphatic rings. The van der Waals surface area contributed by atoms with Gasteiger partial charge in [-0.3, -0.25) is 0 Å². The zero-order valence-corrected chi connectivity index (χ0v) is 68.6. The Morgan fingerprint density at radius 2 is 0.735 bits per heavy atom. The van der Waals surface area contributed by atoms with Gasteiger partial charge in [0, 0.05) is 38.0 Å². The molecule has 0 bridgehead atoms. The summed E-state index contributed by atoms with van der Waals surface area (Å²) in [5, 5.41) is 3.98. The molecule has 1 aliphatic carbocycles. The smallest absolute Gasteiger partial charge is 0.171 e. The first-order valence-electron chi connectivity index (χ1n) is 35.8. The van der Waals surface area contributed by atoms with Gasteiger partial charge in [-0.2, -0.15) is 52.7 Å². The third kappa shape index (κ3) is 62.2. The van der Waals surface area contributed by atoms with Crippen LogP contribution in [0.3, 0.4) is 0 Å². The van der Waals surface area contributed by atoms with Crippen molar-refractivity contribution in [1.29, 1.82) is 0 Å². The number of alkyl halides is 12. The molecule has 0 radical (unpaired) electrons. The van der Waals surface area contributed by atoms with Crippen molar-refractivity contribution >= 4 is 58.0 Å². The van der Waals surface area contributed by atoms with Crippen LogP contribution in [0.5, 0.6) is 0 Å². The van der Waals surface area contributed by atoms with Crippen LogP contribution in [0.2, 0.25) is 25.1 Å². The van der Waals surface area contributed by atoms with Crippen molar-refractivity contribution in [3.05, 3.63) is 210 Å². The van der Waals surface area contributed by atoms with Crippen molar-refractivity contribution in [1.82, 2.24) is 0 Å². The highest BCUT2D eigenvalue weighted by atomic mass is 35.5. The maximum atomic E-state index is 12.3. The summed E-state index contributed by atoms with van der Waals surface area (Å²) in [4.78, 5) is 0. The van der Waals surface area contributed by atoms with Crippen LogP contribution in [-0.2, 0) is 44.7 Å². The summed E-state index contributed by atoms with van der Waals surface area (Å²) in [7, 11) is 0. The lowest BCUT2D eigenvalue weighted by Crippen LogP contribution is -2.16. The first-order valence-corrected chi connectivity index (χ1v) is 37.7. The molecular formula is C85H123Cl5F12. The van der Waals surface area contributed by atoms with Gasteiger partial charge in [0.1, 0.15) is 0 Å². The third-order valence-corrected chi connectivity index (χ3v) is 15.7. The fourth-order valence-corrected chi connectivity index (χ4v) is 10.5. The molecule has 6 aromatic carbocycles. The van der Waals surface area contributed by atoms with Gasteiger partial charge in [-0.1, -0.05) is 301 Å². The first-order chi connectivity index (χ1) is 46.7. The van der Waals surface area contributed by atoms with Crippen molar-refractivity contribution in [2.45, 2.75) is 241 Å². The van der Waals surface area contributed by atoms with E-state index >= 15 is 0 Å². The van der Waals surface area contributed by atoms with E-state index in [4.69, 9.17) is 58.0 Å². The maximum Gasteiger partial charge on any atom is 0.416 e. The standard InChI is InChI=1S/C11H13F3.C10H12Cl2.3C10H13Cl.C10H14.C7H11F3.C7H13F3.C6H11F3.C4H10/c1-8(2)6-9-4-3-5-10(7-9)11(12,13)14;1-7(2)3-8-4-9(11)6-10(12)5-8;1-8(2)7-9-3-5-10(11)6-4-9;1-8(2)6-9-4-3-5-10(11)7-9;1-8(2)7-9-5-3-4-6-10(9)11;1-9(2)8-10-6-4-3-5-7-10;1-4(2)5-3-6(5)7(8,9)10;1-5(2)6(3)4-7(8,9)10;1-5(2)3-4-6(7,8)9;1-4(2)3/h3-5,7-8H,6H2,1-2H3;4-7H,3H2,1-2H3;3-6,8H,7H2,1-2H3;3-5,7-8H,6H2,1-2H3;3-6,8H,7H2,1-2H3;3-7,9H,8H2,1-2H3;4-6H,3H2,1-2H3;5-6H,4H2,1-3H3;5H,3-4H2,1-2H3;4H,1-3H3. The molecule has 0 N–H and O–H groups in total. The molecule has 0 heterocycles. The monoisotopic (exact) mass is 1550 g/mol. The minimum absolute atomic E-state index is 0.0972. The van der Waals surface area contributed by atoms with Crippen molar-refractivity contribution in [2.75, 3.05) is 0 Å². The van der Waals surface area contributed by atoms with Crippen molar-refractivity contribution in [3.8, 4) is 0 Å². The summed E-state index contributed by atoms with van der Waals surface area (Å²) in [5.41, 5.74) is 6.78. The van der Waals surface area contributed by atoms with Crippen molar-refractivity contribution < 1.29 is 52.7 Å². The van der Waals surface area contributed by atoms with E-state index in [-0.39, 0.29) is 36.0 Å². The lowest BCUT2D eigenvalue weighted by atomic mass is 9.95. The van der Waals surface area contributed by atoms with E-state index in [1.807, 2.05) is 88.4 Å². The molecular weight excluding hydrogens is 1430 g/mol. The zero-order chi connectivity index (χ0) is 79.5. The molecule has 0 saturated heterocycles. The molecule has 1 fully saturated rings. The molecule has 0 amide bonds. The molecule has 0 aliphatic heterocycles. The first kappa shape index (κ1) is 102. The summed E-state index contributed by atoms with van der Waals surface area (Å²) in [6.45, 7) is 45.0. The van der Waals surface area contributed by atoms with Crippen LogP contribution < -0.4 is 0 Å². The molecule has 582 valence electrons. The minimum Gasteiger partial charge on any atom is -0.171 e. The number of rotatable bonds is 17. The second kappa shape index (κ2) is 53.7. The Kier molecular flexibility index (Phi) is 53.7. The fraction of sp³-hybridized carbons (Fsp3) is 0.576. The molecule has 102 heavy (non-hydrogen) atoms. The number of hydrogen-bond acceptors (Lipinski definition) is 0. The Labute approximate surface area is 634 Å². The van der Waals surface area contributed by atoms with Gasteiger partial charge in [0.05, 0.1) is 11.5 Å². The number of hydrogen-bond donors (Lipinski definition) is 0. The van der Waals surface area contributed by atoms with Gasteiger partial charge in [-0.15, -0.1) is 0 Å². The second-order valence-corrected chi connectivity index (χ2v) is 32.7.